The molecule has 0 aliphatic rings. The van der Waals surface area contributed by atoms with Crippen molar-refractivity contribution in [2.75, 3.05) is 5.75 Å². The van der Waals surface area contributed by atoms with Crippen LogP contribution < -0.4 is 11.2 Å². The lowest BCUT2D eigenvalue weighted by Crippen LogP contribution is -2.23. The van der Waals surface area contributed by atoms with Gasteiger partial charge in [0.2, 0.25) is 15.0 Å². The first-order valence-electron chi connectivity index (χ1n) is 14.7. The second-order valence-corrected chi connectivity index (χ2v) is 13.1. The third kappa shape index (κ3) is 7.26. The summed E-state index contributed by atoms with van der Waals surface area (Å²) in [4.78, 5) is 38.1. The standard InChI is InChI=1S/C34H29F2N5O5S/c1-21-15-29(25-17-27(36)32(42)41(19-25)18-22-11-12-28-30(16-22)39-33(43)38-28)40-34(37-21)47(44,45)14-13-31(23-7-3-2-4-8-23)46-20-24-9-5-6-10-26(24)35/h2-12,15-17,19,31H,13-14,18,20H2,1H3,(H2,38,39,43). The van der Waals surface area contributed by atoms with Gasteiger partial charge in [-0.25, -0.2) is 32.0 Å². The molecule has 0 bridgehead atoms. The van der Waals surface area contributed by atoms with Crippen LogP contribution in [-0.4, -0.2) is 38.7 Å². The predicted octanol–water partition coefficient (Wildman–Crippen LogP) is 5.23. The van der Waals surface area contributed by atoms with Gasteiger partial charge in [0.25, 0.3) is 5.56 Å². The van der Waals surface area contributed by atoms with Crippen LogP contribution in [0.25, 0.3) is 22.3 Å². The second-order valence-electron chi connectivity index (χ2n) is 11.1. The zero-order valence-corrected chi connectivity index (χ0v) is 25.9. The van der Waals surface area contributed by atoms with Crippen molar-refractivity contribution in [1.29, 1.82) is 0 Å². The van der Waals surface area contributed by atoms with Crippen molar-refractivity contribution in [1.82, 2.24) is 24.5 Å². The number of H-pyrrole nitrogens is 2. The maximum atomic E-state index is 14.9. The Kier molecular flexibility index (Phi) is 8.92. The van der Waals surface area contributed by atoms with Gasteiger partial charge in [0.05, 0.1) is 41.7 Å². The van der Waals surface area contributed by atoms with E-state index in [1.807, 2.05) is 6.07 Å². The fraction of sp³-hybridized carbons (Fsp3) is 0.176. The van der Waals surface area contributed by atoms with Gasteiger partial charge < -0.3 is 19.3 Å². The lowest BCUT2D eigenvalue weighted by Gasteiger charge is -2.19. The summed E-state index contributed by atoms with van der Waals surface area (Å²) >= 11 is 0. The Labute approximate surface area is 267 Å². The van der Waals surface area contributed by atoms with E-state index in [4.69, 9.17) is 4.74 Å². The molecule has 6 rings (SSSR count). The minimum Gasteiger partial charge on any atom is -0.369 e. The molecule has 3 heterocycles. The monoisotopic (exact) mass is 657 g/mol. The van der Waals surface area contributed by atoms with Gasteiger partial charge in [-0.2, -0.15) is 0 Å². The van der Waals surface area contributed by atoms with Crippen molar-refractivity contribution in [3.63, 3.8) is 0 Å². The third-order valence-electron chi connectivity index (χ3n) is 7.60. The van der Waals surface area contributed by atoms with Gasteiger partial charge in [-0.05, 0) is 54.8 Å². The number of nitrogens with one attached hydrogen (secondary N) is 2. The molecule has 13 heteroatoms. The summed E-state index contributed by atoms with van der Waals surface area (Å²) in [5.74, 6) is -1.85. The molecule has 0 saturated carbocycles. The van der Waals surface area contributed by atoms with Crippen LogP contribution in [0.4, 0.5) is 8.78 Å². The molecular formula is C34H29F2N5O5S. The molecule has 0 aliphatic heterocycles. The quantitative estimate of drug-likeness (QED) is 0.182. The molecule has 47 heavy (non-hydrogen) atoms. The van der Waals surface area contributed by atoms with Crippen LogP contribution in [0.15, 0.2) is 106 Å². The fourth-order valence-electron chi connectivity index (χ4n) is 5.23. The van der Waals surface area contributed by atoms with Crippen LogP contribution in [0.3, 0.4) is 0 Å². The summed E-state index contributed by atoms with van der Waals surface area (Å²) in [6.07, 6.45) is 0.759. The van der Waals surface area contributed by atoms with Gasteiger partial charge in [-0.15, -0.1) is 0 Å². The molecule has 0 saturated heterocycles. The molecule has 0 radical (unpaired) electrons. The van der Waals surface area contributed by atoms with E-state index in [-0.39, 0.29) is 42.3 Å². The molecule has 6 aromatic rings. The first-order valence-corrected chi connectivity index (χ1v) is 16.3. The van der Waals surface area contributed by atoms with Gasteiger partial charge in [-0.3, -0.25) is 4.79 Å². The summed E-state index contributed by atoms with van der Waals surface area (Å²) in [5.41, 5.74) is 2.17. The van der Waals surface area contributed by atoms with E-state index in [1.165, 1.54) is 18.3 Å². The minimum atomic E-state index is -4.07. The number of benzene rings is 3. The third-order valence-corrected chi connectivity index (χ3v) is 9.11. The number of imidazole rings is 1. The zero-order chi connectivity index (χ0) is 33.1. The molecule has 0 amide bonds. The lowest BCUT2D eigenvalue weighted by molar-refractivity contribution is 0.0361. The van der Waals surface area contributed by atoms with E-state index in [1.54, 1.807) is 67.6 Å². The minimum absolute atomic E-state index is 0.0181. The van der Waals surface area contributed by atoms with Crippen molar-refractivity contribution < 1.29 is 21.9 Å². The largest absolute Gasteiger partial charge is 0.369 e. The Morgan fingerprint density at radius 1 is 0.872 bits per heavy atom. The average Bonchev–Trinajstić information content (AvgIpc) is 3.43. The van der Waals surface area contributed by atoms with Crippen LogP contribution in [0, 0.1) is 18.6 Å². The molecular weight excluding hydrogens is 628 g/mol. The number of fused-ring (bicyclic) bond motifs is 1. The molecule has 10 nitrogen and oxygen atoms in total. The number of hydrogen-bond donors (Lipinski definition) is 2. The van der Waals surface area contributed by atoms with E-state index in [9.17, 15) is 26.8 Å². The van der Waals surface area contributed by atoms with Gasteiger partial charge in [0.1, 0.15) is 5.82 Å². The van der Waals surface area contributed by atoms with E-state index >= 15 is 0 Å². The second kappa shape index (κ2) is 13.2. The molecule has 2 N–H and O–H groups in total. The van der Waals surface area contributed by atoms with Gasteiger partial charge in [0, 0.05) is 23.0 Å². The number of pyridine rings is 1. The maximum absolute atomic E-state index is 14.9. The molecule has 3 aromatic heterocycles. The predicted molar refractivity (Wildman–Crippen MR) is 171 cm³/mol. The first kappa shape index (κ1) is 31.7. The van der Waals surface area contributed by atoms with E-state index in [2.05, 4.69) is 19.9 Å². The molecule has 3 aromatic carbocycles. The van der Waals surface area contributed by atoms with Crippen LogP contribution in [0.1, 0.15) is 34.9 Å². The van der Waals surface area contributed by atoms with E-state index in [0.717, 1.165) is 16.2 Å². The maximum Gasteiger partial charge on any atom is 0.323 e. The number of sulfone groups is 1. The first-order chi connectivity index (χ1) is 22.6. The summed E-state index contributed by atoms with van der Waals surface area (Å²) in [6, 6.07) is 22.8. The van der Waals surface area contributed by atoms with Crippen molar-refractivity contribution in [3.05, 3.63) is 146 Å². The Bertz CT molecular complexity index is 2300. The zero-order valence-electron chi connectivity index (χ0n) is 25.1. The number of rotatable bonds is 11. The topological polar surface area (TPSA) is 140 Å². The Morgan fingerprint density at radius 2 is 1.62 bits per heavy atom. The highest BCUT2D eigenvalue weighted by atomic mass is 32.2. The number of nitrogens with zero attached hydrogens (tertiary/aromatic N) is 3. The smallest absolute Gasteiger partial charge is 0.323 e. The van der Waals surface area contributed by atoms with Crippen molar-refractivity contribution in [2.24, 2.45) is 0 Å². The summed E-state index contributed by atoms with van der Waals surface area (Å²) < 4.78 is 63.5. The molecule has 0 fully saturated rings. The molecule has 240 valence electrons. The number of aromatic nitrogens is 5. The van der Waals surface area contributed by atoms with E-state index < -0.39 is 38.3 Å². The summed E-state index contributed by atoms with van der Waals surface area (Å²) in [5, 5.41) is -0.451. The summed E-state index contributed by atoms with van der Waals surface area (Å²) in [6.45, 7) is 1.51. The van der Waals surface area contributed by atoms with Crippen LogP contribution in [0.5, 0.6) is 0 Å². The SMILES string of the molecule is Cc1cc(-c2cc(F)c(=O)n(Cc3ccc4[nH]c(=O)[nH]c4c3)c2)nc(S(=O)(=O)CCC(OCc2ccccc2F)c2ccccc2)n1. The Hall–Kier alpha value is -5.27. The van der Waals surface area contributed by atoms with Crippen LogP contribution in [0.2, 0.25) is 0 Å². The highest BCUT2D eigenvalue weighted by molar-refractivity contribution is 7.91. The van der Waals surface area contributed by atoms with Crippen molar-refractivity contribution in [2.45, 2.75) is 37.8 Å². The van der Waals surface area contributed by atoms with Crippen LogP contribution in [-0.2, 0) is 27.7 Å². The van der Waals surface area contributed by atoms with Crippen LogP contribution >= 0.6 is 0 Å². The highest BCUT2D eigenvalue weighted by Gasteiger charge is 2.24. The van der Waals surface area contributed by atoms with Gasteiger partial charge in [-0.1, -0.05) is 54.6 Å². The van der Waals surface area contributed by atoms with E-state index in [0.29, 0.717) is 27.9 Å². The lowest BCUT2D eigenvalue weighted by atomic mass is 10.1. The number of aromatic amines is 2. The number of halogens is 2. The molecule has 1 atom stereocenters. The Balaban J connectivity index is 1.25. The Morgan fingerprint density at radius 3 is 2.40 bits per heavy atom. The molecule has 0 aliphatic carbocycles. The average molecular weight is 658 g/mol. The highest BCUT2D eigenvalue weighted by Crippen LogP contribution is 2.26. The summed E-state index contributed by atoms with van der Waals surface area (Å²) in [7, 11) is -4.07. The molecule has 1 unspecified atom stereocenters. The molecule has 0 spiro atoms. The van der Waals surface area contributed by atoms with Gasteiger partial charge >= 0.3 is 5.69 Å². The number of aryl methyl sites for hydroxylation is 1. The number of hydrogen-bond acceptors (Lipinski definition) is 7. The number of ether oxygens (including phenoxy) is 1. The van der Waals surface area contributed by atoms with Crippen molar-refractivity contribution >= 4 is 20.9 Å². The fourth-order valence-corrected chi connectivity index (χ4v) is 6.46. The normalized spacial score (nSPS) is 12.4. The van der Waals surface area contributed by atoms with Crippen molar-refractivity contribution in [3.8, 4) is 11.3 Å². The van der Waals surface area contributed by atoms with Gasteiger partial charge in [0.15, 0.2) is 5.82 Å².